The average Bonchev–Trinajstić information content (AvgIpc) is 2.20. The van der Waals surface area contributed by atoms with E-state index in [9.17, 15) is 4.79 Å². The van der Waals surface area contributed by atoms with E-state index in [4.69, 9.17) is 23.2 Å². The highest BCUT2D eigenvalue weighted by Crippen LogP contribution is 2.04. The predicted octanol–water partition coefficient (Wildman–Crippen LogP) is 1.33. The molecule has 0 aromatic carbocycles. The van der Waals surface area contributed by atoms with Crippen LogP contribution >= 0.6 is 23.2 Å². The van der Waals surface area contributed by atoms with Gasteiger partial charge in [0.2, 0.25) is 5.91 Å². The van der Waals surface area contributed by atoms with Crippen molar-refractivity contribution < 1.29 is 4.79 Å². The maximum absolute atomic E-state index is 11.1. The summed E-state index contributed by atoms with van der Waals surface area (Å²) in [6, 6.07) is 3.34. The molecule has 14 heavy (non-hydrogen) atoms. The molecule has 0 fully saturated rings. The fraction of sp³-hybridized carbons (Fsp3) is 0.375. The summed E-state index contributed by atoms with van der Waals surface area (Å²) in [7, 11) is 1.65. The number of hydrogen-bond donors (Lipinski definition) is 0. The minimum absolute atomic E-state index is 0.0302. The molecule has 0 aliphatic rings. The fourth-order valence-corrected chi connectivity index (χ4v) is 1.17. The molecule has 1 amide bonds. The number of rotatable bonds is 3. The number of aromatic nitrogens is 2. The first-order valence-electron chi connectivity index (χ1n) is 3.91. The highest BCUT2D eigenvalue weighted by atomic mass is 35.5. The number of carbonyl (C=O) groups excluding carboxylic acids is 1. The standard InChI is InChI=1S/C8H9Cl2N3O/c1-13(8(14)4-9)5-6-2-3-7(10)12-11-6/h2-3H,4-5H2,1H3. The highest BCUT2D eigenvalue weighted by Gasteiger charge is 2.08. The number of halogens is 2. The monoisotopic (exact) mass is 233 g/mol. The van der Waals surface area contributed by atoms with Gasteiger partial charge in [-0.15, -0.1) is 16.7 Å². The van der Waals surface area contributed by atoms with E-state index in [0.717, 1.165) is 0 Å². The quantitative estimate of drug-likeness (QED) is 0.741. The van der Waals surface area contributed by atoms with Crippen LogP contribution in [0.2, 0.25) is 5.15 Å². The Balaban J connectivity index is 2.60. The fourth-order valence-electron chi connectivity index (χ4n) is 0.861. The van der Waals surface area contributed by atoms with Crippen molar-refractivity contribution in [1.29, 1.82) is 0 Å². The normalized spacial score (nSPS) is 9.93. The molecule has 0 saturated heterocycles. The Hall–Kier alpha value is -0.870. The van der Waals surface area contributed by atoms with Gasteiger partial charge >= 0.3 is 0 Å². The van der Waals surface area contributed by atoms with Crippen LogP contribution in [0.5, 0.6) is 0 Å². The lowest BCUT2D eigenvalue weighted by atomic mass is 10.3. The molecule has 0 N–H and O–H groups in total. The van der Waals surface area contributed by atoms with E-state index in [2.05, 4.69) is 10.2 Å². The maximum atomic E-state index is 11.1. The molecule has 6 heteroatoms. The molecule has 1 rings (SSSR count). The number of nitrogens with zero attached hydrogens (tertiary/aromatic N) is 3. The van der Waals surface area contributed by atoms with Crippen LogP contribution in [0.1, 0.15) is 5.69 Å². The molecule has 0 aliphatic carbocycles. The van der Waals surface area contributed by atoms with Crippen molar-refractivity contribution in [3.63, 3.8) is 0 Å². The highest BCUT2D eigenvalue weighted by molar-refractivity contribution is 6.29. The molecule has 76 valence electrons. The van der Waals surface area contributed by atoms with Gasteiger partial charge < -0.3 is 4.90 Å². The summed E-state index contributed by atoms with van der Waals surface area (Å²) < 4.78 is 0. The zero-order valence-corrected chi connectivity index (χ0v) is 9.09. The number of alkyl halides is 1. The predicted molar refractivity (Wildman–Crippen MR) is 54.2 cm³/mol. The molecule has 0 spiro atoms. The second-order valence-corrected chi connectivity index (χ2v) is 3.39. The second kappa shape index (κ2) is 5.12. The molecule has 0 atom stereocenters. The van der Waals surface area contributed by atoms with E-state index in [1.807, 2.05) is 0 Å². The summed E-state index contributed by atoms with van der Waals surface area (Å²) in [4.78, 5) is 12.6. The number of hydrogen-bond acceptors (Lipinski definition) is 3. The lowest BCUT2D eigenvalue weighted by molar-refractivity contribution is -0.127. The summed E-state index contributed by atoms with van der Waals surface area (Å²) in [5, 5.41) is 7.81. The first-order valence-corrected chi connectivity index (χ1v) is 4.82. The van der Waals surface area contributed by atoms with Crippen molar-refractivity contribution in [3.8, 4) is 0 Å². The molecular weight excluding hydrogens is 225 g/mol. The van der Waals surface area contributed by atoms with Crippen molar-refractivity contribution in [1.82, 2.24) is 15.1 Å². The molecular formula is C8H9Cl2N3O. The van der Waals surface area contributed by atoms with E-state index >= 15 is 0 Å². The van der Waals surface area contributed by atoms with Gasteiger partial charge in [-0.25, -0.2) is 0 Å². The first kappa shape index (κ1) is 11.2. The Labute approximate surface area is 91.8 Å². The molecule has 0 bridgehead atoms. The van der Waals surface area contributed by atoms with Crippen molar-refractivity contribution in [3.05, 3.63) is 23.0 Å². The molecule has 0 radical (unpaired) electrons. The van der Waals surface area contributed by atoms with Crippen LogP contribution < -0.4 is 0 Å². The molecule has 1 aromatic heterocycles. The van der Waals surface area contributed by atoms with Crippen molar-refractivity contribution >= 4 is 29.1 Å². The topological polar surface area (TPSA) is 46.1 Å². The Kier molecular flexibility index (Phi) is 4.10. The molecule has 0 unspecified atom stereocenters. The van der Waals surface area contributed by atoms with Gasteiger partial charge in [-0.1, -0.05) is 11.6 Å². The average molecular weight is 234 g/mol. The summed E-state index contributed by atoms with van der Waals surface area (Å²) >= 11 is 11.0. The smallest absolute Gasteiger partial charge is 0.237 e. The van der Waals surface area contributed by atoms with Gasteiger partial charge in [-0.3, -0.25) is 4.79 Å². The van der Waals surface area contributed by atoms with E-state index in [-0.39, 0.29) is 11.8 Å². The minimum Gasteiger partial charge on any atom is -0.339 e. The Morgan fingerprint density at radius 3 is 2.71 bits per heavy atom. The molecule has 1 aromatic rings. The van der Waals surface area contributed by atoms with E-state index in [1.165, 1.54) is 4.90 Å². The Bertz CT molecular complexity index is 315. The summed E-state index contributed by atoms with van der Waals surface area (Å²) in [6.45, 7) is 0.385. The van der Waals surface area contributed by atoms with Crippen LogP contribution in [0.4, 0.5) is 0 Å². The maximum Gasteiger partial charge on any atom is 0.237 e. The third-order valence-corrected chi connectivity index (χ3v) is 2.06. The van der Waals surface area contributed by atoms with Crippen molar-refractivity contribution in [2.75, 3.05) is 12.9 Å². The van der Waals surface area contributed by atoms with Crippen LogP contribution in [-0.2, 0) is 11.3 Å². The van der Waals surface area contributed by atoms with E-state index in [1.54, 1.807) is 19.2 Å². The third kappa shape index (κ3) is 3.12. The van der Waals surface area contributed by atoms with Crippen LogP contribution in [0.15, 0.2) is 12.1 Å². The summed E-state index contributed by atoms with van der Waals surface area (Å²) in [5.74, 6) is -0.180. The van der Waals surface area contributed by atoms with Crippen LogP contribution in [-0.4, -0.2) is 33.9 Å². The molecule has 4 nitrogen and oxygen atoms in total. The zero-order chi connectivity index (χ0) is 10.6. The van der Waals surface area contributed by atoms with Crippen molar-refractivity contribution in [2.24, 2.45) is 0 Å². The van der Waals surface area contributed by atoms with Crippen molar-refractivity contribution in [2.45, 2.75) is 6.54 Å². The minimum atomic E-state index is -0.150. The lowest BCUT2D eigenvalue weighted by Crippen LogP contribution is -2.27. The lowest BCUT2D eigenvalue weighted by Gasteiger charge is -2.14. The Morgan fingerprint density at radius 1 is 1.50 bits per heavy atom. The van der Waals surface area contributed by atoms with Gasteiger partial charge in [0, 0.05) is 7.05 Å². The van der Waals surface area contributed by atoms with Crippen LogP contribution in [0.25, 0.3) is 0 Å². The molecule has 0 saturated carbocycles. The summed E-state index contributed by atoms with van der Waals surface area (Å²) in [5.41, 5.74) is 0.676. The zero-order valence-electron chi connectivity index (χ0n) is 7.57. The van der Waals surface area contributed by atoms with Crippen LogP contribution in [0, 0.1) is 0 Å². The number of amides is 1. The number of carbonyl (C=O) groups is 1. The van der Waals surface area contributed by atoms with Gasteiger partial charge in [0.25, 0.3) is 0 Å². The Morgan fingerprint density at radius 2 is 2.21 bits per heavy atom. The largest absolute Gasteiger partial charge is 0.339 e. The van der Waals surface area contributed by atoms with E-state index < -0.39 is 0 Å². The van der Waals surface area contributed by atoms with Gasteiger partial charge in [0.05, 0.1) is 12.2 Å². The van der Waals surface area contributed by atoms with Gasteiger partial charge in [0.1, 0.15) is 5.88 Å². The van der Waals surface area contributed by atoms with E-state index in [0.29, 0.717) is 17.4 Å². The molecule has 1 heterocycles. The third-order valence-electron chi connectivity index (χ3n) is 1.63. The van der Waals surface area contributed by atoms with Crippen LogP contribution in [0.3, 0.4) is 0 Å². The van der Waals surface area contributed by atoms with Gasteiger partial charge in [0.15, 0.2) is 5.15 Å². The van der Waals surface area contributed by atoms with Gasteiger partial charge in [-0.2, -0.15) is 5.10 Å². The summed E-state index contributed by atoms with van der Waals surface area (Å²) in [6.07, 6.45) is 0. The molecule has 0 aliphatic heterocycles. The van der Waals surface area contributed by atoms with Gasteiger partial charge in [-0.05, 0) is 12.1 Å². The SMILES string of the molecule is CN(Cc1ccc(Cl)nn1)C(=O)CCl. The second-order valence-electron chi connectivity index (χ2n) is 2.73. The first-order chi connectivity index (χ1) is 6.63.